The predicted molar refractivity (Wildman–Crippen MR) is 77.7 cm³/mol. The Bertz CT molecular complexity index is 624. The standard InChI is InChI=1S/C14H19NO5S/c1-4-10(2)15-13(16)9-20-14(17)11-7-5-6-8-12(11)21(3,18)19/h5-8,10H,4,9H2,1-3H3,(H,15,16)/t10-/m1/s1. The lowest BCUT2D eigenvalue weighted by molar-refractivity contribution is -0.124. The van der Waals surface area contributed by atoms with Crippen LogP contribution >= 0.6 is 0 Å². The Morgan fingerprint density at radius 3 is 2.48 bits per heavy atom. The number of hydrogen-bond acceptors (Lipinski definition) is 5. The fourth-order valence-corrected chi connectivity index (χ4v) is 2.46. The van der Waals surface area contributed by atoms with Gasteiger partial charge in [-0.25, -0.2) is 13.2 Å². The molecule has 1 aromatic carbocycles. The van der Waals surface area contributed by atoms with Gasteiger partial charge >= 0.3 is 5.97 Å². The zero-order chi connectivity index (χ0) is 16.0. The van der Waals surface area contributed by atoms with E-state index in [4.69, 9.17) is 4.74 Å². The molecule has 0 heterocycles. The molecular weight excluding hydrogens is 294 g/mol. The minimum Gasteiger partial charge on any atom is -0.452 e. The fraction of sp³-hybridized carbons (Fsp3) is 0.429. The van der Waals surface area contributed by atoms with Gasteiger partial charge in [0.25, 0.3) is 5.91 Å². The molecule has 1 amide bonds. The first-order valence-corrected chi connectivity index (χ1v) is 8.40. The smallest absolute Gasteiger partial charge is 0.339 e. The molecule has 0 aliphatic rings. The van der Waals surface area contributed by atoms with Gasteiger partial charge in [-0.05, 0) is 25.5 Å². The van der Waals surface area contributed by atoms with E-state index in [0.29, 0.717) is 0 Å². The van der Waals surface area contributed by atoms with Gasteiger partial charge < -0.3 is 10.1 Å². The maximum absolute atomic E-state index is 11.9. The van der Waals surface area contributed by atoms with E-state index < -0.39 is 28.3 Å². The number of benzene rings is 1. The number of hydrogen-bond donors (Lipinski definition) is 1. The van der Waals surface area contributed by atoms with Crippen LogP contribution < -0.4 is 5.32 Å². The predicted octanol–water partition coefficient (Wildman–Crippen LogP) is 1.16. The molecule has 1 N–H and O–H groups in total. The normalized spacial score (nSPS) is 12.5. The van der Waals surface area contributed by atoms with Gasteiger partial charge in [0, 0.05) is 12.3 Å². The zero-order valence-electron chi connectivity index (χ0n) is 12.3. The Morgan fingerprint density at radius 1 is 1.29 bits per heavy atom. The van der Waals surface area contributed by atoms with E-state index in [2.05, 4.69) is 5.32 Å². The summed E-state index contributed by atoms with van der Waals surface area (Å²) in [6.07, 6.45) is 1.77. The van der Waals surface area contributed by atoms with Gasteiger partial charge in [0.1, 0.15) is 0 Å². The molecule has 0 spiro atoms. The molecule has 1 aromatic rings. The topological polar surface area (TPSA) is 89.5 Å². The lowest BCUT2D eigenvalue weighted by Gasteiger charge is -2.12. The largest absolute Gasteiger partial charge is 0.452 e. The van der Waals surface area contributed by atoms with Crippen molar-refractivity contribution in [1.82, 2.24) is 5.32 Å². The average Bonchev–Trinajstić information content (AvgIpc) is 2.43. The second-order valence-corrected chi connectivity index (χ2v) is 6.71. The highest BCUT2D eigenvalue weighted by molar-refractivity contribution is 7.90. The van der Waals surface area contributed by atoms with Gasteiger partial charge in [0.15, 0.2) is 16.4 Å². The molecule has 0 bridgehead atoms. The van der Waals surface area contributed by atoms with Gasteiger partial charge in [-0.15, -0.1) is 0 Å². The average molecular weight is 313 g/mol. The second kappa shape index (κ2) is 7.21. The highest BCUT2D eigenvalue weighted by atomic mass is 32.2. The molecule has 0 unspecified atom stereocenters. The van der Waals surface area contributed by atoms with Crippen LogP contribution in [0.1, 0.15) is 30.6 Å². The summed E-state index contributed by atoms with van der Waals surface area (Å²) in [6, 6.07) is 5.71. The van der Waals surface area contributed by atoms with Crippen LogP contribution in [0.25, 0.3) is 0 Å². The van der Waals surface area contributed by atoms with Crippen LogP contribution in [-0.2, 0) is 19.4 Å². The maximum Gasteiger partial charge on any atom is 0.339 e. The quantitative estimate of drug-likeness (QED) is 0.796. The Balaban J connectivity index is 2.76. The summed E-state index contributed by atoms with van der Waals surface area (Å²) < 4.78 is 28.0. The van der Waals surface area contributed by atoms with Crippen molar-refractivity contribution in [2.24, 2.45) is 0 Å². The van der Waals surface area contributed by atoms with Crippen LogP contribution in [0.2, 0.25) is 0 Å². The minimum atomic E-state index is -3.54. The highest BCUT2D eigenvalue weighted by Gasteiger charge is 2.20. The highest BCUT2D eigenvalue weighted by Crippen LogP contribution is 2.16. The Labute approximate surface area is 124 Å². The number of carbonyl (C=O) groups excluding carboxylic acids is 2. The Morgan fingerprint density at radius 2 is 1.90 bits per heavy atom. The Hall–Kier alpha value is -1.89. The molecule has 21 heavy (non-hydrogen) atoms. The SMILES string of the molecule is CC[C@@H](C)NC(=O)COC(=O)c1ccccc1S(C)(=O)=O. The van der Waals surface area contributed by atoms with Gasteiger partial charge in [-0.1, -0.05) is 19.1 Å². The number of nitrogens with one attached hydrogen (secondary N) is 1. The van der Waals surface area contributed by atoms with Gasteiger partial charge in [-0.3, -0.25) is 4.79 Å². The van der Waals surface area contributed by atoms with Crippen LogP contribution in [0, 0.1) is 0 Å². The number of ether oxygens (including phenoxy) is 1. The van der Waals surface area contributed by atoms with Crippen LogP contribution in [0.3, 0.4) is 0 Å². The van der Waals surface area contributed by atoms with E-state index in [1.807, 2.05) is 13.8 Å². The van der Waals surface area contributed by atoms with Crippen LogP contribution in [0.4, 0.5) is 0 Å². The number of rotatable bonds is 6. The molecule has 0 aromatic heterocycles. The van der Waals surface area contributed by atoms with Gasteiger partial charge in [0.2, 0.25) is 0 Å². The lowest BCUT2D eigenvalue weighted by atomic mass is 10.2. The number of amides is 1. The van der Waals surface area contributed by atoms with Crippen molar-refractivity contribution in [3.05, 3.63) is 29.8 Å². The third-order valence-electron chi connectivity index (χ3n) is 2.86. The first kappa shape index (κ1) is 17.2. The monoisotopic (exact) mass is 313 g/mol. The second-order valence-electron chi connectivity index (χ2n) is 4.72. The molecule has 0 aliphatic carbocycles. The van der Waals surface area contributed by atoms with E-state index in [0.717, 1.165) is 12.7 Å². The molecule has 7 heteroatoms. The molecule has 0 saturated carbocycles. The first-order valence-electron chi connectivity index (χ1n) is 6.51. The molecule has 0 aliphatic heterocycles. The van der Waals surface area contributed by atoms with Crippen molar-refractivity contribution >= 4 is 21.7 Å². The molecular formula is C14H19NO5S. The molecule has 116 valence electrons. The van der Waals surface area contributed by atoms with E-state index in [9.17, 15) is 18.0 Å². The maximum atomic E-state index is 11.9. The summed E-state index contributed by atoms with van der Waals surface area (Å²) in [5, 5.41) is 2.65. The molecule has 0 radical (unpaired) electrons. The van der Waals surface area contributed by atoms with Crippen molar-refractivity contribution in [1.29, 1.82) is 0 Å². The van der Waals surface area contributed by atoms with Crippen molar-refractivity contribution in [3.8, 4) is 0 Å². The summed E-state index contributed by atoms with van der Waals surface area (Å²) in [5.74, 6) is -1.26. The molecule has 0 fully saturated rings. The third-order valence-corrected chi connectivity index (χ3v) is 4.02. The molecule has 6 nitrogen and oxygen atoms in total. The summed E-state index contributed by atoms with van der Waals surface area (Å²) in [7, 11) is -3.54. The summed E-state index contributed by atoms with van der Waals surface area (Å²) in [4.78, 5) is 23.3. The Kier molecular flexibility index (Phi) is 5.90. The van der Waals surface area contributed by atoms with Crippen LogP contribution in [0.15, 0.2) is 29.2 Å². The summed E-state index contributed by atoms with van der Waals surface area (Å²) >= 11 is 0. The fourth-order valence-electron chi connectivity index (χ4n) is 1.59. The van der Waals surface area contributed by atoms with Crippen molar-refractivity contribution in [2.75, 3.05) is 12.9 Å². The molecule has 0 saturated heterocycles. The van der Waals surface area contributed by atoms with Crippen LogP contribution in [-0.4, -0.2) is 39.2 Å². The van der Waals surface area contributed by atoms with Crippen molar-refractivity contribution in [3.63, 3.8) is 0 Å². The lowest BCUT2D eigenvalue weighted by Crippen LogP contribution is -2.35. The van der Waals surface area contributed by atoms with E-state index in [-0.39, 0.29) is 16.5 Å². The first-order chi connectivity index (χ1) is 9.75. The van der Waals surface area contributed by atoms with Crippen molar-refractivity contribution < 1.29 is 22.7 Å². The van der Waals surface area contributed by atoms with Gasteiger partial charge in [0.05, 0.1) is 10.5 Å². The number of esters is 1. The summed E-state index contributed by atoms with van der Waals surface area (Å²) in [5.41, 5.74) is -0.0728. The van der Waals surface area contributed by atoms with E-state index in [1.165, 1.54) is 24.3 Å². The molecule has 1 atom stereocenters. The van der Waals surface area contributed by atoms with Crippen molar-refractivity contribution in [2.45, 2.75) is 31.2 Å². The molecule has 1 rings (SSSR count). The zero-order valence-corrected chi connectivity index (χ0v) is 13.1. The van der Waals surface area contributed by atoms with Crippen LogP contribution in [0.5, 0.6) is 0 Å². The minimum absolute atomic E-state index is 0.0143. The van der Waals surface area contributed by atoms with Gasteiger partial charge in [-0.2, -0.15) is 0 Å². The number of carbonyl (C=O) groups is 2. The third kappa shape index (κ3) is 5.18. The van der Waals surface area contributed by atoms with E-state index >= 15 is 0 Å². The van der Waals surface area contributed by atoms with E-state index in [1.54, 1.807) is 0 Å². The summed E-state index contributed by atoms with van der Waals surface area (Å²) in [6.45, 7) is 3.30. The number of sulfone groups is 1.